The molecule has 25 heavy (non-hydrogen) atoms. The third kappa shape index (κ3) is 3.58. The fourth-order valence-electron chi connectivity index (χ4n) is 2.38. The Morgan fingerprint density at radius 1 is 1.04 bits per heavy atom. The topological polar surface area (TPSA) is 60.2 Å². The van der Waals surface area contributed by atoms with Gasteiger partial charge in [-0.1, -0.05) is 12.1 Å². The highest BCUT2D eigenvalue weighted by atomic mass is 19.1. The normalized spacial score (nSPS) is 10.8. The molecule has 5 nitrogen and oxygen atoms in total. The van der Waals surface area contributed by atoms with Gasteiger partial charge in [0.1, 0.15) is 23.7 Å². The minimum Gasteiger partial charge on any atom is -0.487 e. The molecule has 2 aromatic carbocycles. The van der Waals surface area contributed by atoms with Crippen LogP contribution in [0.1, 0.15) is 5.69 Å². The number of aromatic nitrogens is 2. The third-order valence-electron chi connectivity index (χ3n) is 3.55. The SMILES string of the molecule is Fc1ccc2oc(Nc3cccc(OCc4ccccn4)c3)nc2c1. The molecule has 124 valence electrons. The van der Waals surface area contributed by atoms with Crippen molar-refractivity contribution in [2.75, 3.05) is 5.32 Å². The van der Waals surface area contributed by atoms with E-state index < -0.39 is 0 Å². The smallest absolute Gasteiger partial charge is 0.300 e. The first kappa shape index (κ1) is 15.1. The molecule has 4 aromatic rings. The van der Waals surface area contributed by atoms with Crippen LogP contribution in [0.3, 0.4) is 0 Å². The van der Waals surface area contributed by atoms with E-state index in [0.717, 1.165) is 11.4 Å². The fraction of sp³-hybridized carbons (Fsp3) is 0.0526. The van der Waals surface area contributed by atoms with E-state index >= 15 is 0 Å². The van der Waals surface area contributed by atoms with E-state index in [1.165, 1.54) is 12.1 Å². The summed E-state index contributed by atoms with van der Waals surface area (Å²) in [4.78, 5) is 8.44. The number of pyridine rings is 1. The van der Waals surface area contributed by atoms with Gasteiger partial charge in [-0.3, -0.25) is 4.98 Å². The quantitative estimate of drug-likeness (QED) is 0.573. The summed E-state index contributed by atoms with van der Waals surface area (Å²) in [7, 11) is 0. The molecule has 0 saturated heterocycles. The van der Waals surface area contributed by atoms with Gasteiger partial charge in [-0.25, -0.2) is 4.39 Å². The number of anilines is 2. The number of ether oxygens (including phenoxy) is 1. The van der Waals surface area contributed by atoms with Crippen LogP contribution in [0, 0.1) is 5.82 Å². The van der Waals surface area contributed by atoms with Crippen LogP contribution in [-0.4, -0.2) is 9.97 Å². The Bertz CT molecular complexity index is 1000. The zero-order valence-electron chi connectivity index (χ0n) is 13.1. The molecule has 0 unspecified atom stereocenters. The summed E-state index contributed by atoms with van der Waals surface area (Å²) in [6.45, 7) is 0.381. The van der Waals surface area contributed by atoms with Crippen LogP contribution >= 0.6 is 0 Å². The summed E-state index contributed by atoms with van der Waals surface area (Å²) in [5, 5.41) is 3.06. The van der Waals surface area contributed by atoms with Gasteiger partial charge in [0.05, 0.1) is 5.69 Å². The maximum Gasteiger partial charge on any atom is 0.300 e. The summed E-state index contributed by atoms with van der Waals surface area (Å²) in [6.07, 6.45) is 1.73. The van der Waals surface area contributed by atoms with Gasteiger partial charge in [0.25, 0.3) is 6.01 Å². The lowest BCUT2D eigenvalue weighted by molar-refractivity contribution is 0.301. The number of nitrogens with one attached hydrogen (secondary N) is 1. The molecule has 0 spiro atoms. The first-order valence-corrected chi connectivity index (χ1v) is 7.72. The van der Waals surface area contributed by atoms with Crippen molar-refractivity contribution in [3.63, 3.8) is 0 Å². The Kier molecular flexibility index (Phi) is 4.00. The predicted octanol–water partition coefficient (Wildman–Crippen LogP) is 4.68. The first-order valence-electron chi connectivity index (χ1n) is 7.72. The van der Waals surface area contributed by atoms with Crippen molar-refractivity contribution < 1.29 is 13.5 Å². The predicted molar refractivity (Wildman–Crippen MR) is 92.3 cm³/mol. The first-order chi connectivity index (χ1) is 12.3. The van der Waals surface area contributed by atoms with Crippen molar-refractivity contribution in [2.45, 2.75) is 6.61 Å². The Hall–Kier alpha value is -3.41. The van der Waals surface area contributed by atoms with E-state index in [0.29, 0.717) is 29.5 Å². The van der Waals surface area contributed by atoms with E-state index in [4.69, 9.17) is 9.15 Å². The second-order valence-electron chi connectivity index (χ2n) is 5.39. The van der Waals surface area contributed by atoms with E-state index in [1.54, 1.807) is 12.3 Å². The average Bonchev–Trinajstić information content (AvgIpc) is 3.02. The van der Waals surface area contributed by atoms with Crippen molar-refractivity contribution in [1.29, 1.82) is 0 Å². The molecule has 2 aromatic heterocycles. The summed E-state index contributed by atoms with van der Waals surface area (Å²) in [6, 6.07) is 17.6. The van der Waals surface area contributed by atoms with E-state index in [1.807, 2.05) is 42.5 Å². The zero-order valence-corrected chi connectivity index (χ0v) is 13.1. The Morgan fingerprint density at radius 2 is 2.00 bits per heavy atom. The molecule has 4 rings (SSSR count). The van der Waals surface area contributed by atoms with Gasteiger partial charge in [-0.2, -0.15) is 4.98 Å². The number of oxazole rings is 1. The van der Waals surface area contributed by atoms with E-state index in [2.05, 4.69) is 15.3 Å². The minimum atomic E-state index is -0.350. The molecular weight excluding hydrogens is 321 g/mol. The lowest BCUT2D eigenvalue weighted by Gasteiger charge is -2.07. The molecule has 2 heterocycles. The standard InChI is InChI=1S/C19H14FN3O2/c20-13-7-8-18-17(10-13)23-19(25-18)22-14-5-3-6-16(11-14)24-12-15-4-1-2-9-21-15/h1-11H,12H2,(H,22,23). The molecule has 0 aliphatic rings. The molecule has 0 aliphatic carbocycles. The molecule has 0 fully saturated rings. The van der Waals surface area contributed by atoms with Crippen LogP contribution in [-0.2, 0) is 6.61 Å². The van der Waals surface area contributed by atoms with Gasteiger partial charge in [-0.15, -0.1) is 0 Å². The van der Waals surface area contributed by atoms with Crippen LogP contribution in [0.4, 0.5) is 16.1 Å². The second kappa shape index (κ2) is 6.60. The lowest BCUT2D eigenvalue weighted by atomic mass is 10.3. The van der Waals surface area contributed by atoms with Gasteiger partial charge in [0, 0.05) is 24.0 Å². The Labute approximate surface area is 143 Å². The Balaban J connectivity index is 1.48. The van der Waals surface area contributed by atoms with Crippen LogP contribution in [0.15, 0.2) is 71.3 Å². The van der Waals surface area contributed by atoms with Crippen molar-refractivity contribution in [1.82, 2.24) is 9.97 Å². The molecule has 0 saturated carbocycles. The summed E-state index contributed by atoms with van der Waals surface area (Å²) >= 11 is 0. The monoisotopic (exact) mass is 335 g/mol. The number of hydrogen-bond acceptors (Lipinski definition) is 5. The average molecular weight is 335 g/mol. The largest absolute Gasteiger partial charge is 0.487 e. The van der Waals surface area contributed by atoms with E-state index in [-0.39, 0.29) is 5.82 Å². The van der Waals surface area contributed by atoms with Crippen molar-refractivity contribution in [2.24, 2.45) is 0 Å². The maximum absolute atomic E-state index is 13.2. The number of fused-ring (bicyclic) bond motifs is 1. The van der Waals surface area contributed by atoms with Crippen LogP contribution in [0.5, 0.6) is 5.75 Å². The number of benzene rings is 2. The number of nitrogens with zero attached hydrogens (tertiary/aromatic N) is 2. The van der Waals surface area contributed by atoms with Gasteiger partial charge < -0.3 is 14.5 Å². The highest BCUT2D eigenvalue weighted by Gasteiger charge is 2.07. The molecule has 1 N–H and O–H groups in total. The van der Waals surface area contributed by atoms with E-state index in [9.17, 15) is 4.39 Å². The minimum absolute atomic E-state index is 0.294. The molecule has 0 aliphatic heterocycles. The lowest BCUT2D eigenvalue weighted by Crippen LogP contribution is -1.98. The van der Waals surface area contributed by atoms with Gasteiger partial charge >= 0.3 is 0 Å². The van der Waals surface area contributed by atoms with Gasteiger partial charge in [-0.05, 0) is 36.4 Å². The number of hydrogen-bond donors (Lipinski definition) is 1. The Morgan fingerprint density at radius 3 is 2.88 bits per heavy atom. The zero-order chi connectivity index (χ0) is 17.1. The van der Waals surface area contributed by atoms with Crippen LogP contribution in [0.2, 0.25) is 0 Å². The van der Waals surface area contributed by atoms with Crippen molar-refractivity contribution in [3.05, 3.63) is 78.4 Å². The van der Waals surface area contributed by atoms with Crippen molar-refractivity contribution in [3.8, 4) is 5.75 Å². The summed E-state index contributed by atoms with van der Waals surface area (Å²) in [5.74, 6) is 0.343. The maximum atomic E-state index is 13.2. The summed E-state index contributed by atoms with van der Waals surface area (Å²) < 4.78 is 24.5. The molecule has 0 radical (unpaired) electrons. The van der Waals surface area contributed by atoms with Crippen LogP contribution in [0.25, 0.3) is 11.1 Å². The fourth-order valence-corrected chi connectivity index (χ4v) is 2.38. The number of halogens is 1. The van der Waals surface area contributed by atoms with Gasteiger partial charge in [0.2, 0.25) is 0 Å². The van der Waals surface area contributed by atoms with Gasteiger partial charge in [0.15, 0.2) is 5.58 Å². The third-order valence-corrected chi connectivity index (χ3v) is 3.55. The van der Waals surface area contributed by atoms with Crippen molar-refractivity contribution >= 4 is 22.8 Å². The number of rotatable bonds is 5. The molecule has 6 heteroatoms. The second-order valence-corrected chi connectivity index (χ2v) is 5.39. The molecule has 0 amide bonds. The molecule has 0 bridgehead atoms. The summed E-state index contributed by atoms with van der Waals surface area (Å²) in [5.41, 5.74) is 2.59. The highest BCUT2D eigenvalue weighted by Crippen LogP contribution is 2.25. The van der Waals surface area contributed by atoms with Crippen LogP contribution < -0.4 is 10.1 Å². The highest BCUT2D eigenvalue weighted by molar-refractivity contribution is 5.75. The molecule has 0 atom stereocenters. The molecular formula is C19H14FN3O2.